The van der Waals surface area contributed by atoms with Crippen LogP contribution in [0, 0.1) is 5.92 Å². The number of hydrogen-bond acceptors (Lipinski definition) is 2. The van der Waals surface area contributed by atoms with Gasteiger partial charge in [-0.2, -0.15) is 0 Å². The first-order valence-corrected chi connectivity index (χ1v) is 9.59. The van der Waals surface area contributed by atoms with Gasteiger partial charge in [-0.15, -0.1) is 0 Å². The Labute approximate surface area is 135 Å². The third kappa shape index (κ3) is 4.61. The van der Waals surface area contributed by atoms with E-state index in [2.05, 4.69) is 15.5 Å². The molecule has 0 bridgehead atoms. The predicted octanol–water partition coefficient (Wildman–Crippen LogP) is 3.27. The first-order valence-electron chi connectivity index (χ1n) is 9.59. The first kappa shape index (κ1) is 16.1. The molecule has 0 aromatic carbocycles. The molecular formula is C18H33N3O. The maximum Gasteiger partial charge on any atom is 0.315 e. The van der Waals surface area contributed by atoms with E-state index in [4.69, 9.17) is 0 Å². The fraction of sp³-hybridized carbons (Fsp3) is 0.944. The van der Waals surface area contributed by atoms with E-state index < -0.39 is 0 Å². The number of likely N-dealkylation sites (tertiary alicyclic amines) is 1. The second kappa shape index (κ2) is 8.19. The minimum Gasteiger partial charge on any atom is -0.338 e. The largest absolute Gasteiger partial charge is 0.338 e. The molecule has 0 radical (unpaired) electrons. The van der Waals surface area contributed by atoms with Gasteiger partial charge in [-0.1, -0.05) is 32.1 Å². The zero-order chi connectivity index (χ0) is 15.2. The van der Waals surface area contributed by atoms with Gasteiger partial charge in [-0.25, -0.2) is 4.79 Å². The molecule has 2 N–H and O–H groups in total. The molecule has 0 spiro atoms. The second-order valence-electron chi connectivity index (χ2n) is 7.61. The average Bonchev–Trinajstić information content (AvgIpc) is 3.09. The Morgan fingerprint density at radius 1 is 0.864 bits per heavy atom. The lowest BCUT2D eigenvalue weighted by Gasteiger charge is -2.36. The van der Waals surface area contributed by atoms with E-state index in [-0.39, 0.29) is 6.03 Å². The van der Waals surface area contributed by atoms with Gasteiger partial charge in [0.15, 0.2) is 0 Å². The molecule has 2 aliphatic carbocycles. The molecule has 2 amide bonds. The van der Waals surface area contributed by atoms with Crippen LogP contribution in [-0.2, 0) is 0 Å². The Kier molecular flexibility index (Phi) is 5.99. The Balaban J connectivity index is 1.30. The fourth-order valence-electron chi connectivity index (χ4n) is 4.51. The summed E-state index contributed by atoms with van der Waals surface area (Å²) in [7, 11) is 0. The molecule has 1 heterocycles. The van der Waals surface area contributed by atoms with E-state index in [0.29, 0.717) is 12.0 Å². The molecule has 0 aromatic heterocycles. The van der Waals surface area contributed by atoms with Crippen molar-refractivity contribution in [3.05, 3.63) is 0 Å². The van der Waals surface area contributed by atoms with Gasteiger partial charge in [-0.3, -0.25) is 0 Å². The second-order valence-corrected chi connectivity index (χ2v) is 7.61. The smallest absolute Gasteiger partial charge is 0.315 e. The lowest BCUT2D eigenvalue weighted by Crippen LogP contribution is -2.46. The predicted molar refractivity (Wildman–Crippen MR) is 90.0 cm³/mol. The highest BCUT2D eigenvalue weighted by atomic mass is 16.2. The van der Waals surface area contributed by atoms with Crippen LogP contribution in [0.3, 0.4) is 0 Å². The van der Waals surface area contributed by atoms with Crippen LogP contribution in [0.25, 0.3) is 0 Å². The summed E-state index contributed by atoms with van der Waals surface area (Å²) in [5, 5.41) is 6.27. The zero-order valence-corrected chi connectivity index (χ0v) is 14.0. The molecular weight excluding hydrogens is 274 g/mol. The van der Waals surface area contributed by atoms with Crippen molar-refractivity contribution < 1.29 is 4.79 Å². The van der Waals surface area contributed by atoms with Gasteiger partial charge >= 0.3 is 6.03 Å². The summed E-state index contributed by atoms with van der Waals surface area (Å²) < 4.78 is 0. The van der Waals surface area contributed by atoms with Crippen molar-refractivity contribution >= 4 is 6.03 Å². The maximum atomic E-state index is 12.0. The van der Waals surface area contributed by atoms with E-state index in [1.54, 1.807) is 0 Å². The number of rotatable bonds is 4. The molecule has 22 heavy (non-hydrogen) atoms. The van der Waals surface area contributed by atoms with Crippen molar-refractivity contribution in [1.82, 2.24) is 15.5 Å². The first-order chi connectivity index (χ1) is 10.8. The molecule has 1 aliphatic heterocycles. The highest BCUT2D eigenvalue weighted by Gasteiger charge is 2.27. The highest BCUT2D eigenvalue weighted by Crippen LogP contribution is 2.27. The lowest BCUT2D eigenvalue weighted by molar-refractivity contribution is 0.133. The Morgan fingerprint density at radius 3 is 2.18 bits per heavy atom. The molecule has 4 heteroatoms. The topological polar surface area (TPSA) is 44.4 Å². The number of carbonyl (C=O) groups excluding carboxylic acids is 1. The molecule has 4 nitrogen and oxygen atoms in total. The van der Waals surface area contributed by atoms with Gasteiger partial charge in [0, 0.05) is 18.6 Å². The molecule has 0 aromatic rings. The minimum atomic E-state index is 0.0603. The van der Waals surface area contributed by atoms with Crippen LogP contribution in [0.2, 0.25) is 0 Å². The molecule has 0 unspecified atom stereocenters. The number of amides is 2. The monoisotopic (exact) mass is 307 g/mol. The van der Waals surface area contributed by atoms with Crippen LogP contribution in [0.1, 0.15) is 70.6 Å². The molecule has 3 aliphatic rings. The van der Waals surface area contributed by atoms with Crippen molar-refractivity contribution in [2.45, 2.75) is 82.7 Å². The summed E-state index contributed by atoms with van der Waals surface area (Å²) in [6, 6.07) is 1.34. The summed E-state index contributed by atoms with van der Waals surface area (Å²) in [4.78, 5) is 14.7. The van der Waals surface area contributed by atoms with Gasteiger partial charge in [0.2, 0.25) is 0 Å². The molecule has 126 valence electrons. The van der Waals surface area contributed by atoms with E-state index in [1.165, 1.54) is 70.9 Å². The number of urea groups is 1. The van der Waals surface area contributed by atoms with Gasteiger partial charge < -0.3 is 15.5 Å². The van der Waals surface area contributed by atoms with Gasteiger partial charge in [-0.05, 0) is 57.5 Å². The number of nitrogens with zero attached hydrogens (tertiary/aromatic N) is 1. The Morgan fingerprint density at radius 2 is 1.50 bits per heavy atom. The number of hydrogen-bond donors (Lipinski definition) is 2. The van der Waals surface area contributed by atoms with Crippen LogP contribution >= 0.6 is 0 Å². The van der Waals surface area contributed by atoms with Crippen LogP contribution < -0.4 is 10.6 Å². The van der Waals surface area contributed by atoms with Crippen molar-refractivity contribution in [3.63, 3.8) is 0 Å². The molecule has 0 atom stereocenters. The summed E-state index contributed by atoms with van der Waals surface area (Å²) in [5.74, 6) is 0.676. The molecule has 3 rings (SSSR count). The van der Waals surface area contributed by atoms with Gasteiger partial charge in [0.05, 0.1) is 0 Å². The van der Waals surface area contributed by atoms with E-state index in [1.807, 2.05) is 0 Å². The summed E-state index contributed by atoms with van der Waals surface area (Å²) in [6.07, 6.45) is 14.4. The maximum absolute atomic E-state index is 12.0. The summed E-state index contributed by atoms with van der Waals surface area (Å²) in [5.41, 5.74) is 0. The van der Waals surface area contributed by atoms with Gasteiger partial charge in [0.1, 0.15) is 0 Å². The van der Waals surface area contributed by atoms with Crippen LogP contribution in [0.15, 0.2) is 0 Å². The van der Waals surface area contributed by atoms with Crippen molar-refractivity contribution in [2.24, 2.45) is 5.92 Å². The number of carbonyl (C=O) groups is 1. The summed E-state index contributed by atoms with van der Waals surface area (Å²) in [6.45, 7) is 3.33. The van der Waals surface area contributed by atoms with E-state index in [0.717, 1.165) is 25.4 Å². The molecule has 3 fully saturated rings. The quantitative estimate of drug-likeness (QED) is 0.837. The van der Waals surface area contributed by atoms with Gasteiger partial charge in [0.25, 0.3) is 0 Å². The third-order valence-electron chi connectivity index (χ3n) is 5.98. The lowest BCUT2D eigenvalue weighted by atomic mass is 9.95. The SMILES string of the molecule is O=C(NCC1CCN(C2CCCC2)CC1)NC1CCCCC1. The third-order valence-corrected chi connectivity index (χ3v) is 5.98. The minimum absolute atomic E-state index is 0.0603. The Hall–Kier alpha value is -0.770. The van der Waals surface area contributed by atoms with Crippen LogP contribution in [0.4, 0.5) is 4.79 Å². The average molecular weight is 307 g/mol. The molecule has 1 saturated heterocycles. The zero-order valence-electron chi connectivity index (χ0n) is 14.0. The van der Waals surface area contributed by atoms with E-state index in [9.17, 15) is 4.79 Å². The van der Waals surface area contributed by atoms with E-state index >= 15 is 0 Å². The van der Waals surface area contributed by atoms with Crippen molar-refractivity contribution in [1.29, 1.82) is 0 Å². The van der Waals surface area contributed by atoms with Crippen molar-refractivity contribution in [3.8, 4) is 0 Å². The highest BCUT2D eigenvalue weighted by molar-refractivity contribution is 5.74. The van der Waals surface area contributed by atoms with Crippen LogP contribution in [-0.4, -0.2) is 42.6 Å². The number of piperidine rings is 1. The Bertz CT molecular complexity index is 340. The molecule has 2 saturated carbocycles. The fourth-order valence-corrected chi connectivity index (χ4v) is 4.51. The normalized spacial score (nSPS) is 26.2. The standard InChI is InChI=1S/C18H33N3O/c22-18(20-16-6-2-1-3-7-16)19-14-15-10-12-21(13-11-15)17-8-4-5-9-17/h15-17H,1-14H2,(H2,19,20,22). The van der Waals surface area contributed by atoms with Crippen molar-refractivity contribution in [2.75, 3.05) is 19.6 Å². The number of nitrogens with one attached hydrogen (secondary N) is 2. The summed E-state index contributed by atoms with van der Waals surface area (Å²) >= 11 is 0. The van der Waals surface area contributed by atoms with Crippen LogP contribution in [0.5, 0.6) is 0 Å².